The van der Waals surface area contributed by atoms with Crippen LogP contribution in [0.3, 0.4) is 0 Å². The lowest BCUT2D eigenvalue weighted by molar-refractivity contribution is -0.130. The molecule has 0 unspecified atom stereocenters. The second-order valence-corrected chi connectivity index (χ2v) is 7.16. The van der Waals surface area contributed by atoms with Crippen molar-refractivity contribution in [3.05, 3.63) is 30.1 Å². The number of nitrogens with zero attached hydrogens (tertiary/aromatic N) is 1. The summed E-state index contributed by atoms with van der Waals surface area (Å²) in [6, 6.07) is 4.70. The Morgan fingerprint density at radius 1 is 1.14 bits per heavy atom. The smallest absolute Gasteiger partial charge is 0.240 e. The van der Waals surface area contributed by atoms with Gasteiger partial charge in [-0.2, -0.15) is 0 Å². The molecule has 0 aliphatic carbocycles. The average molecular weight is 328 g/mol. The van der Waals surface area contributed by atoms with Gasteiger partial charge in [0.1, 0.15) is 5.82 Å². The van der Waals surface area contributed by atoms with Gasteiger partial charge in [0, 0.05) is 26.1 Å². The fraction of sp³-hybridized carbons (Fsp3) is 0.533. The van der Waals surface area contributed by atoms with E-state index in [1.165, 1.54) is 12.1 Å². The third-order valence-electron chi connectivity index (χ3n) is 3.69. The normalized spacial score (nSPS) is 16.6. The summed E-state index contributed by atoms with van der Waals surface area (Å²) in [5, 5.41) is 0. The molecule has 5 nitrogen and oxygen atoms in total. The van der Waals surface area contributed by atoms with Crippen LogP contribution in [-0.4, -0.2) is 38.9 Å². The number of hydrogen-bond acceptors (Lipinski definition) is 3. The Balaban J connectivity index is 1.80. The second-order valence-electron chi connectivity index (χ2n) is 5.40. The number of carbonyl (C=O) groups excluding carboxylic acids is 1. The van der Waals surface area contributed by atoms with Crippen molar-refractivity contribution in [3.63, 3.8) is 0 Å². The molecule has 0 bridgehead atoms. The molecule has 0 aromatic heterocycles. The van der Waals surface area contributed by atoms with Crippen molar-refractivity contribution >= 4 is 15.9 Å². The van der Waals surface area contributed by atoms with Crippen molar-refractivity contribution in [2.45, 2.75) is 37.0 Å². The number of halogens is 1. The highest BCUT2D eigenvalue weighted by Crippen LogP contribution is 2.12. The second kappa shape index (κ2) is 7.69. The summed E-state index contributed by atoms with van der Waals surface area (Å²) < 4.78 is 39.3. The van der Waals surface area contributed by atoms with Crippen LogP contribution in [0.15, 0.2) is 29.2 Å². The van der Waals surface area contributed by atoms with Gasteiger partial charge in [-0.15, -0.1) is 0 Å². The van der Waals surface area contributed by atoms with Gasteiger partial charge in [-0.1, -0.05) is 6.42 Å². The van der Waals surface area contributed by atoms with Crippen LogP contribution >= 0.6 is 0 Å². The van der Waals surface area contributed by atoms with Gasteiger partial charge in [-0.05, 0) is 43.5 Å². The Hall–Kier alpha value is -1.47. The highest BCUT2D eigenvalue weighted by molar-refractivity contribution is 7.89. The van der Waals surface area contributed by atoms with Crippen LogP contribution in [0.2, 0.25) is 0 Å². The van der Waals surface area contributed by atoms with Gasteiger partial charge in [0.05, 0.1) is 4.90 Å². The molecule has 1 aromatic carbocycles. The number of nitrogens with one attached hydrogen (secondary N) is 1. The van der Waals surface area contributed by atoms with E-state index in [4.69, 9.17) is 0 Å². The number of carbonyl (C=O) groups is 1. The maximum atomic E-state index is 12.8. The Kier molecular flexibility index (Phi) is 5.90. The van der Waals surface area contributed by atoms with E-state index < -0.39 is 15.8 Å². The topological polar surface area (TPSA) is 66.5 Å². The molecule has 2 rings (SSSR count). The van der Waals surface area contributed by atoms with Crippen molar-refractivity contribution in [3.8, 4) is 0 Å². The van der Waals surface area contributed by atoms with Crippen molar-refractivity contribution in [2.75, 3.05) is 19.6 Å². The first kappa shape index (κ1) is 16.9. The monoisotopic (exact) mass is 328 g/mol. The molecule has 1 fully saturated rings. The molecule has 1 N–H and O–H groups in total. The fourth-order valence-electron chi connectivity index (χ4n) is 2.45. The maximum Gasteiger partial charge on any atom is 0.240 e. The van der Waals surface area contributed by atoms with Crippen LogP contribution in [-0.2, 0) is 14.8 Å². The summed E-state index contributed by atoms with van der Waals surface area (Å²) in [6.45, 7) is 1.57. The zero-order chi connectivity index (χ0) is 16.0. The van der Waals surface area contributed by atoms with Gasteiger partial charge in [0.2, 0.25) is 15.9 Å². The third kappa shape index (κ3) is 4.78. The van der Waals surface area contributed by atoms with Gasteiger partial charge < -0.3 is 4.90 Å². The van der Waals surface area contributed by atoms with E-state index >= 15 is 0 Å². The molecular formula is C15H21FN2O3S. The van der Waals surface area contributed by atoms with Gasteiger partial charge in [-0.25, -0.2) is 17.5 Å². The first-order chi connectivity index (χ1) is 10.5. The lowest BCUT2D eigenvalue weighted by atomic mass is 10.2. The van der Waals surface area contributed by atoms with Gasteiger partial charge >= 0.3 is 0 Å². The van der Waals surface area contributed by atoms with E-state index in [-0.39, 0.29) is 17.3 Å². The molecule has 0 atom stereocenters. The summed E-state index contributed by atoms with van der Waals surface area (Å²) in [4.78, 5) is 13.7. The number of amides is 1. The molecule has 0 saturated carbocycles. The van der Waals surface area contributed by atoms with Crippen LogP contribution < -0.4 is 4.72 Å². The molecule has 0 spiro atoms. The van der Waals surface area contributed by atoms with E-state index in [1.54, 1.807) is 4.90 Å². The first-order valence-corrected chi connectivity index (χ1v) is 9.00. The van der Waals surface area contributed by atoms with Crippen molar-refractivity contribution < 1.29 is 17.6 Å². The van der Waals surface area contributed by atoms with Crippen LogP contribution in [0.5, 0.6) is 0 Å². The molecule has 1 aliphatic rings. The van der Waals surface area contributed by atoms with Gasteiger partial charge in [0.15, 0.2) is 0 Å². The minimum Gasteiger partial charge on any atom is -0.343 e. The Morgan fingerprint density at radius 3 is 2.59 bits per heavy atom. The molecule has 1 aliphatic heterocycles. The fourth-order valence-corrected chi connectivity index (χ4v) is 3.52. The minimum atomic E-state index is -3.62. The minimum absolute atomic E-state index is 0.0414. The zero-order valence-corrected chi connectivity index (χ0v) is 13.2. The summed E-state index contributed by atoms with van der Waals surface area (Å²) >= 11 is 0. The van der Waals surface area contributed by atoms with Crippen molar-refractivity contribution in [2.24, 2.45) is 0 Å². The Bertz CT molecular complexity index is 602. The number of benzene rings is 1. The molecular weight excluding hydrogens is 307 g/mol. The highest BCUT2D eigenvalue weighted by Gasteiger charge is 2.17. The van der Waals surface area contributed by atoms with E-state index in [0.717, 1.165) is 37.9 Å². The molecule has 1 aromatic rings. The van der Waals surface area contributed by atoms with E-state index in [2.05, 4.69) is 4.72 Å². The Labute approximate surface area is 130 Å². The lowest BCUT2D eigenvalue weighted by Gasteiger charge is -2.20. The summed E-state index contributed by atoms with van der Waals surface area (Å²) in [6.07, 6.45) is 4.16. The van der Waals surface area contributed by atoms with E-state index in [1.807, 2.05) is 0 Å². The van der Waals surface area contributed by atoms with Crippen LogP contribution in [0.1, 0.15) is 32.1 Å². The predicted molar refractivity (Wildman–Crippen MR) is 81.3 cm³/mol. The van der Waals surface area contributed by atoms with Crippen LogP contribution in [0.25, 0.3) is 0 Å². The van der Waals surface area contributed by atoms with E-state index in [9.17, 15) is 17.6 Å². The van der Waals surface area contributed by atoms with Crippen molar-refractivity contribution in [1.29, 1.82) is 0 Å². The van der Waals surface area contributed by atoms with Crippen LogP contribution in [0.4, 0.5) is 4.39 Å². The number of likely N-dealkylation sites (tertiary alicyclic amines) is 1. The number of rotatable bonds is 6. The standard InChI is InChI=1S/C15H21FN2O3S/c16-13-6-8-14(9-7-13)22(20,21)17-10-4-12-18-11-3-1-2-5-15(18)19/h6-9,17H,1-5,10-12H2. The molecule has 7 heteroatoms. The summed E-state index contributed by atoms with van der Waals surface area (Å²) in [5.74, 6) is -0.322. The van der Waals surface area contributed by atoms with Crippen molar-refractivity contribution in [1.82, 2.24) is 9.62 Å². The highest BCUT2D eigenvalue weighted by atomic mass is 32.2. The molecule has 122 valence electrons. The number of hydrogen-bond donors (Lipinski definition) is 1. The quantitative estimate of drug-likeness (QED) is 0.811. The molecule has 22 heavy (non-hydrogen) atoms. The predicted octanol–water partition coefficient (Wildman–Crippen LogP) is 1.90. The van der Waals surface area contributed by atoms with Gasteiger partial charge in [0.25, 0.3) is 0 Å². The lowest BCUT2D eigenvalue weighted by Crippen LogP contribution is -2.34. The summed E-state index contributed by atoms with van der Waals surface area (Å²) in [7, 11) is -3.62. The molecule has 1 saturated heterocycles. The maximum absolute atomic E-state index is 12.8. The summed E-state index contributed by atoms with van der Waals surface area (Å²) in [5.41, 5.74) is 0. The third-order valence-corrected chi connectivity index (χ3v) is 5.17. The first-order valence-electron chi connectivity index (χ1n) is 7.52. The molecule has 0 radical (unpaired) electrons. The number of sulfonamides is 1. The zero-order valence-electron chi connectivity index (χ0n) is 12.4. The molecule has 1 amide bonds. The van der Waals surface area contributed by atoms with E-state index in [0.29, 0.717) is 19.4 Å². The van der Waals surface area contributed by atoms with Gasteiger partial charge in [-0.3, -0.25) is 4.79 Å². The Morgan fingerprint density at radius 2 is 1.86 bits per heavy atom. The molecule has 1 heterocycles. The largest absolute Gasteiger partial charge is 0.343 e. The SMILES string of the molecule is O=C1CCCCCN1CCCNS(=O)(=O)c1ccc(F)cc1. The van der Waals surface area contributed by atoms with Crippen LogP contribution in [0, 0.1) is 5.82 Å². The average Bonchev–Trinajstić information content (AvgIpc) is 2.69.